The Morgan fingerprint density at radius 2 is 2.11 bits per heavy atom. The number of nitriles is 1. The van der Waals surface area contributed by atoms with E-state index < -0.39 is 26.3 Å². The summed E-state index contributed by atoms with van der Waals surface area (Å²) in [6.07, 6.45) is 1.74. The van der Waals surface area contributed by atoms with Crippen molar-refractivity contribution in [3.8, 4) is 6.07 Å². The van der Waals surface area contributed by atoms with Crippen LogP contribution in [-0.2, 0) is 10.0 Å². The number of benzene rings is 1. The second kappa shape index (κ2) is 4.34. The second-order valence-electron chi connectivity index (χ2n) is 4.59. The van der Waals surface area contributed by atoms with Gasteiger partial charge in [0.1, 0.15) is 16.3 Å². The van der Waals surface area contributed by atoms with Gasteiger partial charge in [-0.25, -0.2) is 12.8 Å². The molecule has 0 bridgehead atoms. The van der Waals surface area contributed by atoms with Crippen LogP contribution in [0.3, 0.4) is 0 Å². The molecule has 0 radical (unpaired) electrons. The first kappa shape index (κ1) is 13.0. The van der Waals surface area contributed by atoms with Crippen LogP contribution < -0.4 is 4.72 Å². The molecule has 18 heavy (non-hydrogen) atoms. The lowest BCUT2D eigenvalue weighted by Crippen LogP contribution is -2.52. The maximum Gasteiger partial charge on any atom is 0.244 e. The molecule has 0 atom stereocenters. The van der Waals surface area contributed by atoms with E-state index in [9.17, 15) is 12.8 Å². The van der Waals surface area contributed by atoms with Gasteiger partial charge in [-0.15, -0.1) is 0 Å². The zero-order valence-electron chi connectivity index (χ0n) is 9.90. The van der Waals surface area contributed by atoms with Gasteiger partial charge in [0.2, 0.25) is 10.0 Å². The number of nitrogens with one attached hydrogen (secondary N) is 1. The molecule has 96 valence electrons. The molecule has 4 nitrogen and oxygen atoms in total. The van der Waals surface area contributed by atoms with Crippen molar-refractivity contribution in [2.45, 2.75) is 36.6 Å². The van der Waals surface area contributed by atoms with Crippen LogP contribution in [0.15, 0.2) is 23.1 Å². The average molecular weight is 268 g/mol. The highest BCUT2D eigenvalue weighted by Crippen LogP contribution is 2.33. The largest absolute Gasteiger partial charge is 0.244 e. The highest BCUT2D eigenvalue weighted by molar-refractivity contribution is 7.89. The fraction of sp³-hybridized carbons (Fsp3) is 0.417. The summed E-state index contributed by atoms with van der Waals surface area (Å²) in [5, 5.41) is 8.99. The minimum atomic E-state index is -3.99. The Kier molecular flexibility index (Phi) is 3.13. The van der Waals surface area contributed by atoms with Gasteiger partial charge < -0.3 is 0 Å². The van der Waals surface area contributed by atoms with Crippen LogP contribution in [-0.4, -0.2) is 14.0 Å². The summed E-state index contributed by atoms with van der Waals surface area (Å²) < 4.78 is 40.0. The summed E-state index contributed by atoms with van der Waals surface area (Å²) in [6.45, 7) is 1.68. The van der Waals surface area contributed by atoms with Crippen LogP contribution in [0.5, 0.6) is 0 Å². The maximum absolute atomic E-state index is 13.6. The van der Waals surface area contributed by atoms with E-state index in [1.54, 1.807) is 6.92 Å². The summed E-state index contributed by atoms with van der Waals surface area (Å²) in [5.74, 6) is -0.796. The molecular weight excluding hydrogens is 255 g/mol. The molecule has 1 N–H and O–H groups in total. The minimum absolute atomic E-state index is 0.408. The van der Waals surface area contributed by atoms with Crippen LogP contribution in [0.25, 0.3) is 0 Å². The fourth-order valence-corrected chi connectivity index (χ4v) is 3.34. The summed E-state index contributed by atoms with van der Waals surface area (Å²) in [6, 6.07) is 5.86. The van der Waals surface area contributed by atoms with E-state index in [1.165, 1.54) is 12.1 Å². The zero-order chi connectivity index (χ0) is 13.4. The quantitative estimate of drug-likeness (QED) is 0.909. The molecule has 0 amide bonds. The Morgan fingerprint density at radius 1 is 1.44 bits per heavy atom. The smallest absolute Gasteiger partial charge is 0.207 e. The van der Waals surface area contributed by atoms with Crippen molar-refractivity contribution in [3.05, 3.63) is 29.6 Å². The van der Waals surface area contributed by atoms with Gasteiger partial charge in [0, 0.05) is 0 Å². The van der Waals surface area contributed by atoms with Crippen LogP contribution >= 0.6 is 0 Å². The van der Waals surface area contributed by atoms with Crippen LogP contribution in [0.1, 0.15) is 24.8 Å². The summed E-state index contributed by atoms with van der Waals surface area (Å²) in [7, 11) is -3.99. The average Bonchev–Trinajstić information content (AvgIpc) is 2.23. The Hall–Kier alpha value is -1.45. The number of aryl methyl sites for hydroxylation is 1. The Balaban J connectivity index is 2.34. The molecule has 1 aromatic rings. The molecule has 0 spiro atoms. The lowest BCUT2D eigenvalue weighted by Gasteiger charge is -2.35. The summed E-state index contributed by atoms with van der Waals surface area (Å²) >= 11 is 0. The monoisotopic (exact) mass is 268 g/mol. The number of halogens is 1. The van der Waals surface area contributed by atoms with Gasteiger partial charge >= 0.3 is 0 Å². The van der Waals surface area contributed by atoms with E-state index in [0.717, 1.165) is 12.5 Å². The highest BCUT2D eigenvalue weighted by Gasteiger charge is 2.41. The zero-order valence-corrected chi connectivity index (χ0v) is 10.7. The minimum Gasteiger partial charge on any atom is -0.207 e. The number of hydrogen-bond donors (Lipinski definition) is 1. The van der Waals surface area contributed by atoms with Gasteiger partial charge in [0.25, 0.3) is 0 Å². The number of nitrogens with zero attached hydrogens (tertiary/aromatic N) is 1. The SMILES string of the molecule is Cc1ccc(S(=O)(=O)NC2(C#N)CCC2)c(F)c1. The first-order valence-electron chi connectivity index (χ1n) is 5.60. The molecule has 1 aromatic carbocycles. The van der Waals surface area contributed by atoms with E-state index in [4.69, 9.17) is 5.26 Å². The molecule has 1 saturated carbocycles. The number of hydrogen-bond acceptors (Lipinski definition) is 3. The second-order valence-corrected chi connectivity index (χ2v) is 6.24. The predicted molar refractivity (Wildman–Crippen MR) is 63.7 cm³/mol. The third-order valence-corrected chi connectivity index (χ3v) is 4.70. The van der Waals surface area contributed by atoms with Crippen molar-refractivity contribution in [1.82, 2.24) is 4.72 Å². The molecule has 6 heteroatoms. The Bertz CT molecular complexity index is 615. The Morgan fingerprint density at radius 3 is 2.56 bits per heavy atom. The van der Waals surface area contributed by atoms with Gasteiger partial charge in [0.05, 0.1) is 6.07 Å². The third-order valence-electron chi connectivity index (χ3n) is 3.13. The molecule has 1 aliphatic carbocycles. The van der Waals surface area contributed by atoms with E-state index in [2.05, 4.69) is 4.72 Å². The van der Waals surface area contributed by atoms with Crippen LogP contribution in [0.2, 0.25) is 0 Å². The lowest BCUT2D eigenvalue weighted by molar-refractivity contribution is 0.296. The summed E-state index contributed by atoms with van der Waals surface area (Å²) in [4.78, 5) is -0.408. The Labute approximate surface area is 105 Å². The first-order chi connectivity index (χ1) is 8.38. The third kappa shape index (κ3) is 2.24. The molecule has 1 fully saturated rings. The molecule has 0 heterocycles. The molecular formula is C12H13FN2O2S. The maximum atomic E-state index is 13.6. The lowest BCUT2D eigenvalue weighted by atomic mass is 9.79. The van der Waals surface area contributed by atoms with Gasteiger partial charge in [-0.05, 0) is 43.9 Å². The molecule has 0 aliphatic heterocycles. The number of rotatable bonds is 3. The summed E-state index contributed by atoms with van der Waals surface area (Å²) in [5.41, 5.74) is -0.416. The highest BCUT2D eigenvalue weighted by atomic mass is 32.2. The van der Waals surface area contributed by atoms with E-state index in [1.807, 2.05) is 6.07 Å². The van der Waals surface area contributed by atoms with Crippen molar-refractivity contribution in [1.29, 1.82) is 5.26 Å². The van der Waals surface area contributed by atoms with E-state index in [-0.39, 0.29) is 0 Å². The van der Waals surface area contributed by atoms with Crippen molar-refractivity contribution < 1.29 is 12.8 Å². The van der Waals surface area contributed by atoms with Crippen molar-refractivity contribution in [2.75, 3.05) is 0 Å². The van der Waals surface area contributed by atoms with Gasteiger partial charge in [0.15, 0.2) is 0 Å². The van der Waals surface area contributed by atoms with Crippen LogP contribution in [0.4, 0.5) is 4.39 Å². The van der Waals surface area contributed by atoms with E-state index >= 15 is 0 Å². The van der Waals surface area contributed by atoms with Crippen molar-refractivity contribution in [2.24, 2.45) is 0 Å². The molecule has 0 unspecified atom stereocenters. The molecule has 0 saturated heterocycles. The molecule has 1 aliphatic rings. The predicted octanol–water partition coefficient (Wildman–Crippen LogP) is 1.86. The van der Waals surface area contributed by atoms with Gasteiger partial charge in [-0.2, -0.15) is 9.98 Å². The van der Waals surface area contributed by atoms with Crippen molar-refractivity contribution in [3.63, 3.8) is 0 Å². The first-order valence-corrected chi connectivity index (χ1v) is 7.08. The van der Waals surface area contributed by atoms with Gasteiger partial charge in [-0.3, -0.25) is 0 Å². The van der Waals surface area contributed by atoms with Crippen LogP contribution in [0, 0.1) is 24.1 Å². The normalized spacial score (nSPS) is 17.8. The van der Waals surface area contributed by atoms with Crippen molar-refractivity contribution >= 4 is 10.0 Å². The molecule has 0 aromatic heterocycles. The van der Waals surface area contributed by atoms with E-state index in [0.29, 0.717) is 18.4 Å². The number of sulfonamides is 1. The topological polar surface area (TPSA) is 70.0 Å². The van der Waals surface area contributed by atoms with Gasteiger partial charge in [-0.1, -0.05) is 6.07 Å². The molecule has 2 rings (SSSR count). The fourth-order valence-electron chi connectivity index (χ4n) is 1.90. The standard InChI is InChI=1S/C12H13FN2O2S/c1-9-3-4-11(10(13)7-9)18(16,17)15-12(8-14)5-2-6-12/h3-4,7,15H,2,5-6H2,1H3.